The van der Waals surface area contributed by atoms with Crippen LogP contribution in [0.4, 0.5) is 5.82 Å². The first kappa shape index (κ1) is 24.6. The van der Waals surface area contributed by atoms with Crippen LogP contribution in [0.1, 0.15) is 72.3 Å². The Bertz CT molecular complexity index is 1300. The molecule has 0 saturated carbocycles. The molecular formula is C23H29N7O4S. The maximum atomic E-state index is 13.5. The summed E-state index contributed by atoms with van der Waals surface area (Å²) >= 11 is 1.13. The van der Waals surface area contributed by atoms with Crippen LogP contribution in [0.5, 0.6) is 0 Å². The third-order valence-corrected chi connectivity index (χ3v) is 6.67. The maximum Gasteiger partial charge on any atom is 0.434 e. The van der Waals surface area contributed by atoms with Crippen molar-refractivity contribution in [2.45, 2.75) is 65.6 Å². The van der Waals surface area contributed by atoms with Crippen LogP contribution in [-0.4, -0.2) is 55.0 Å². The van der Waals surface area contributed by atoms with Gasteiger partial charge < -0.3 is 20.0 Å². The van der Waals surface area contributed by atoms with Crippen LogP contribution in [0.25, 0.3) is 10.4 Å². The van der Waals surface area contributed by atoms with Gasteiger partial charge in [-0.2, -0.15) is 0 Å². The normalized spacial score (nSPS) is 15.9. The molecule has 0 aliphatic carbocycles. The van der Waals surface area contributed by atoms with E-state index < -0.39 is 11.7 Å². The molecule has 3 aromatic heterocycles. The number of pyridine rings is 1. The van der Waals surface area contributed by atoms with Crippen molar-refractivity contribution in [3.05, 3.63) is 45.0 Å². The van der Waals surface area contributed by atoms with E-state index in [1.165, 1.54) is 0 Å². The average Bonchev–Trinajstić information content (AvgIpc) is 3.50. The van der Waals surface area contributed by atoms with Crippen molar-refractivity contribution in [3.63, 3.8) is 0 Å². The maximum absolute atomic E-state index is 13.5. The number of anilines is 1. The first-order valence-corrected chi connectivity index (χ1v) is 12.2. The summed E-state index contributed by atoms with van der Waals surface area (Å²) in [7, 11) is 0. The molecule has 0 bridgehead atoms. The molecule has 2 amide bonds. The Kier molecular flexibility index (Phi) is 6.75. The van der Waals surface area contributed by atoms with Crippen molar-refractivity contribution < 1.29 is 14.0 Å². The summed E-state index contributed by atoms with van der Waals surface area (Å²) in [6, 6.07) is 2.03. The Morgan fingerprint density at radius 1 is 1.34 bits per heavy atom. The van der Waals surface area contributed by atoms with E-state index in [9.17, 15) is 14.4 Å². The van der Waals surface area contributed by atoms with E-state index in [0.717, 1.165) is 41.1 Å². The second kappa shape index (κ2) is 9.61. The molecule has 0 radical (unpaired) electrons. The zero-order chi connectivity index (χ0) is 25.3. The molecule has 4 heterocycles. The SMILES string of the molecule is Cc1cc(NC(C)(C)C)ncc1-c1sc(C(=O)NCc2n[nH]c(=O)o2)nc1C(=O)N1CCC[C@@H]1C. The molecule has 1 fully saturated rings. The highest BCUT2D eigenvalue weighted by Crippen LogP contribution is 2.35. The Hall–Kier alpha value is -3.54. The largest absolute Gasteiger partial charge is 0.434 e. The number of aromatic amines is 1. The molecule has 1 saturated heterocycles. The van der Waals surface area contributed by atoms with Crippen LogP contribution < -0.4 is 16.4 Å². The van der Waals surface area contributed by atoms with Gasteiger partial charge in [0.25, 0.3) is 11.8 Å². The highest BCUT2D eigenvalue weighted by Gasteiger charge is 2.32. The summed E-state index contributed by atoms with van der Waals surface area (Å²) in [6.45, 7) is 10.7. The number of rotatable bonds is 6. The van der Waals surface area contributed by atoms with Gasteiger partial charge in [0, 0.05) is 29.9 Å². The third kappa shape index (κ3) is 5.59. The van der Waals surface area contributed by atoms with Gasteiger partial charge in [-0.3, -0.25) is 9.59 Å². The van der Waals surface area contributed by atoms with E-state index >= 15 is 0 Å². The number of thiazole rings is 1. The van der Waals surface area contributed by atoms with Gasteiger partial charge in [0.15, 0.2) is 5.01 Å². The minimum Gasteiger partial charge on any atom is -0.391 e. The first-order valence-electron chi connectivity index (χ1n) is 11.4. The van der Waals surface area contributed by atoms with E-state index in [4.69, 9.17) is 4.42 Å². The van der Waals surface area contributed by atoms with Gasteiger partial charge in [0.05, 0.1) is 11.4 Å². The van der Waals surface area contributed by atoms with Gasteiger partial charge >= 0.3 is 5.76 Å². The fourth-order valence-corrected chi connectivity index (χ4v) is 4.98. The van der Waals surface area contributed by atoms with Gasteiger partial charge in [-0.05, 0) is 59.1 Å². The van der Waals surface area contributed by atoms with Crippen LogP contribution >= 0.6 is 11.3 Å². The van der Waals surface area contributed by atoms with Crippen LogP contribution in [-0.2, 0) is 6.54 Å². The Balaban J connectivity index is 1.67. The second-order valence-electron chi connectivity index (χ2n) is 9.64. The molecule has 12 heteroatoms. The Morgan fingerprint density at radius 3 is 2.71 bits per heavy atom. The number of carbonyl (C=O) groups is 2. The number of nitrogens with one attached hydrogen (secondary N) is 3. The number of hydrogen-bond donors (Lipinski definition) is 3. The molecule has 1 aliphatic rings. The number of nitrogens with zero attached hydrogens (tertiary/aromatic N) is 4. The summed E-state index contributed by atoms with van der Waals surface area (Å²) in [4.78, 5) is 48.8. The number of amides is 2. The topological polar surface area (TPSA) is 146 Å². The predicted octanol–water partition coefficient (Wildman–Crippen LogP) is 2.95. The minimum atomic E-state index is -0.703. The lowest BCUT2D eigenvalue weighted by atomic mass is 10.1. The van der Waals surface area contributed by atoms with Gasteiger partial charge in [-0.25, -0.2) is 19.9 Å². The molecule has 0 unspecified atom stereocenters. The van der Waals surface area contributed by atoms with Crippen LogP contribution in [0.3, 0.4) is 0 Å². The molecule has 35 heavy (non-hydrogen) atoms. The zero-order valence-electron chi connectivity index (χ0n) is 20.4. The van der Waals surface area contributed by atoms with Gasteiger partial charge in [-0.15, -0.1) is 16.4 Å². The van der Waals surface area contributed by atoms with Crippen molar-refractivity contribution in [2.24, 2.45) is 0 Å². The van der Waals surface area contributed by atoms with Crippen LogP contribution in [0, 0.1) is 6.92 Å². The lowest BCUT2D eigenvalue weighted by Gasteiger charge is -2.22. The van der Waals surface area contributed by atoms with Gasteiger partial charge in [-0.1, -0.05) is 0 Å². The van der Waals surface area contributed by atoms with Crippen molar-refractivity contribution in [2.75, 3.05) is 11.9 Å². The molecule has 0 aromatic carbocycles. The fourth-order valence-electron chi connectivity index (χ4n) is 3.93. The second-order valence-corrected chi connectivity index (χ2v) is 10.6. The Labute approximate surface area is 206 Å². The third-order valence-electron chi connectivity index (χ3n) is 5.58. The number of H-pyrrole nitrogens is 1. The van der Waals surface area contributed by atoms with Crippen molar-refractivity contribution in [3.8, 4) is 10.4 Å². The number of likely N-dealkylation sites (tertiary alicyclic amines) is 1. The highest BCUT2D eigenvalue weighted by molar-refractivity contribution is 7.17. The molecule has 186 valence electrons. The molecule has 3 aromatic rings. The molecule has 3 N–H and O–H groups in total. The lowest BCUT2D eigenvalue weighted by Crippen LogP contribution is -2.34. The standard InChI is InChI=1S/C23H29N7O4S/c1-12-9-15(27-23(3,4)5)24-10-14(12)18-17(21(32)30-8-6-7-13(30)2)26-20(35-18)19(31)25-11-16-28-29-22(33)34-16/h9-10,13H,6-8,11H2,1-5H3,(H,24,27)(H,25,31)(H,29,33)/t13-/m0/s1. The van der Waals surface area contributed by atoms with E-state index in [0.29, 0.717) is 11.4 Å². The number of hydrogen-bond acceptors (Lipinski definition) is 9. The molecular weight excluding hydrogens is 470 g/mol. The first-order chi connectivity index (χ1) is 16.5. The van der Waals surface area contributed by atoms with E-state index in [1.807, 2.05) is 40.7 Å². The average molecular weight is 500 g/mol. The van der Waals surface area contributed by atoms with Gasteiger partial charge in [0.2, 0.25) is 5.89 Å². The number of carbonyl (C=O) groups excluding carboxylic acids is 2. The molecule has 1 aliphatic heterocycles. The smallest absolute Gasteiger partial charge is 0.391 e. The summed E-state index contributed by atoms with van der Waals surface area (Å²) < 4.78 is 4.82. The van der Waals surface area contributed by atoms with Crippen LogP contribution in [0.15, 0.2) is 21.5 Å². The summed E-state index contributed by atoms with van der Waals surface area (Å²) in [6.07, 6.45) is 3.57. The highest BCUT2D eigenvalue weighted by atomic mass is 32.1. The van der Waals surface area contributed by atoms with E-state index in [-0.39, 0.29) is 40.6 Å². The number of aromatic nitrogens is 4. The van der Waals surface area contributed by atoms with E-state index in [1.54, 1.807) is 11.1 Å². The summed E-state index contributed by atoms with van der Waals surface area (Å²) in [5.74, 6) is -0.625. The molecule has 1 atom stereocenters. The van der Waals surface area contributed by atoms with Gasteiger partial charge in [0.1, 0.15) is 11.5 Å². The lowest BCUT2D eigenvalue weighted by molar-refractivity contribution is 0.0743. The zero-order valence-corrected chi connectivity index (χ0v) is 21.2. The van der Waals surface area contributed by atoms with Crippen molar-refractivity contribution in [1.82, 2.24) is 30.4 Å². The fraction of sp³-hybridized carbons (Fsp3) is 0.478. The van der Waals surface area contributed by atoms with E-state index in [2.05, 4.69) is 30.8 Å². The monoisotopic (exact) mass is 499 g/mol. The molecule has 11 nitrogen and oxygen atoms in total. The quantitative estimate of drug-likeness (QED) is 0.469. The molecule has 4 rings (SSSR count). The Morgan fingerprint density at radius 2 is 2.11 bits per heavy atom. The van der Waals surface area contributed by atoms with Crippen molar-refractivity contribution >= 4 is 29.0 Å². The summed E-state index contributed by atoms with van der Waals surface area (Å²) in [5, 5.41) is 11.9. The minimum absolute atomic E-state index is 0.0457. The van der Waals surface area contributed by atoms with Crippen molar-refractivity contribution in [1.29, 1.82) is 0 Å². The summed E-state index contributed by atoms with van der Waals surface area (Å²) in [5.41, 5.74) is 1.73. The van der Waals surface area contributed by atoms with Crippen LogP contribution in [0.2, 0.25) is 0 Å². The number of aryl methyl sites for hydroxylation is 1. The predicted molar refractivity (Wildman–Crippen MR) is 131 cm³/mol. The molecule has 0 spiro atoms.